The number of nitriles is 1. The molecule has 0 amide bonds. The third kappa shape index (κ3) is 0.922. The van der Waals surface area contributed by atoms with E-state index < -0.39 is 4.87 Å². The van der Waals surface area contributed by atoms with Crippen LogP contribution in [0.1, 0.15) is 17.5 Å². The molecular weight excluding hydrogens is 170 g/mol. The molecule has 1 unspecified atom stereocenters. The summed E-state index contributed by atoms with van der Waals surface area (Å²) >= 11 is 6.12. The zero-order valence-corrected chi connectivity index (χ0v) is 7.30. The topological polar surface area (TPSA) is 23.8 Å². The number of alkyl halides is 1. The molecule has 0 heterocycles. The lowest BCUT2D eigenvalue weighted by molar-refractivity contribution is 0.751. The van der Waals surface area contributed by atoms with E-state index in [9.17, 15) is 0 Å². The smallest absolute Gasteiger partial charge is 0.156 e. The highest BCUT2D eigenvalue weighted by Gasteiger charge is 2.36. The molecule has 0 fully saturated rings. The maximum atomic E-state index is 8.89. The summed E-state index contributed by atoms with van der Waals surface area (Å²) in [6.07, 6.45) is 1.66. The predicted octanol–water partition coefficient (Wildman–Crippen LogP) is 2.59. The van der Waals surface area contributed by atoms with Crippen molar-refractivity contribution in [1.29, 1.82) is 5.26 Å². The Morgan fingerprint density at radius 1 is 1.42 bits per heavy atom. The Labute approximate surface area is 76.6 Å². The van der Waals surface area contributed by atoms with Gasteiger partial charge in [-0.2, -0.15) is 5.26 Å². The van der Waals surface area contributed by atoms with Gasteiger partial charge in [0.15, 0.2) is 4.87 Å². The summed E-state index contributed by atoms with van der Waals surface area (Å²) < 4.78 is 0. The molecule has 0 saturated carbocycles. The molecule has 1 aliphatic rings. The van der Waals surface area contributed by atoms with E-state index in [1.54, 1.807) is 0 Å². The van der Waals surface area contributed by atoms with Crippen LogP contribution in [0.25, 0.3) is 0 Å². The first-order chi connectivity index (χ1) is 5.76. The molecule has 2 rings (SSSR count). The molecule has 60 valence electrons. The third-order valence-electron chi connectivity index (χ3n) is 2.36. The number of halogens is 1. The van der Waals surface area contributed by atoms with Crippen molar-refractivity contribution in [3.8, 4) is 6.07 Å². The molecule has 0 spiro atoms. The molecule has 0 aromatic heterocycles. The summed E-state index contributed by atoms with van der Waals surface area (Å²) in [5.74, 6) is 0. The highest BCUT2D eigenvalue weighted by Crippen LogP contribution is 2.41. The summed E-state index contributed by atoms with van der Waals surface area (Å²) in [5.41, 5.74) is 2.21. The Morgan fingerprint density at radius 3 is 2.92 bits per heavy atom. The zero-order valence-electron chi connectivity index (χ0n) is 6.55. The number of rotatable bonds is 0. The molecule has 1 aromatic rings. The molecule has 2 heteroatoms. The van der Waals surface area contributed by atoms with Crippen molar-refractivity contribution in [3.05, 3.63) is 35.4 Å². The van der Waals surface area contributed by atoms with Crippen molar-refractivity contribution in [2.45, 2.75) is 17.7 Å². The van der Waals surface area contributed by atoms with Crippen molar-refractivity contribution >= 4 is 11.6 Å². The van der Waals surface area contributed by atoms with E-state index in [0.717, 1.165) is 18.4 Å². The molecule has 0 saturated heterocycles. The van der Waals surface area contributed by atoms with Crippen molar-refractivity contribution in [2.75, 3.05) is 0 Å². The van der Waals surface area contributed by atoms with Crippen LogP contribution in [-0.2, 0) is 11.3 Å². The van der Waals surface area contributed by atoms with Gasteiger partial charge >= 0.3 is 0 Å². The van der Waals surface area contributed by atoms with Gasteiger partial charge in [0.1, 0.15) is 0 Å². The summed E-state index contributed by atoms with van der Waals surface area (Å²) in [6.45, 7) is 0. The van der Waals surface area contributed by atoms with Crippen LogP contribution in [0.3, 0.4) is 0 Å². The number of hydrogen-bond donors (Lipinski definition) is 0. The van der Waals surface area contributed by atoms with E-state index in [4.69, 9.17) is 16.9 Å². The number of benzene rings is 1. The van der Waals surface area contributed by atoms with Crippen LogP contribution in [0.4, 0.5) is 0 Å². The van der Waals surface area contributed by atoms with Crippen LogP contribution in [-0.4, -0.2) is 0 Å². The molecule has 1 nitrogen and oxygen atoms in total. The minimum atomic E-state index is -0.753. The fraction of sp³-hybridized carbons (Fsp3) is 0.300. The maximum absolute atomic E-state index is 8.89. The predicted molar refractivity (Wildman–Crippen MR) is 47.9 cm³/mol. The highest BCUT2D eigenvalue weighted by molar-refractivity contribution is 6.26. The van der Waals surface area contributed by atoms with Gasteiger partial charge in [-0.25, -0.2) is 0 Å². The first-order valence-corrected chi connectivity index (χ1v) is 4.33. The Bertz CT molecular complexity index is 353. The third-order valence-corrected chi connectivity index (χ3v) is 2.84. The largest absolute Gasteiger partial charge is 0.196 e. The van der Waals surface area contributed by atoms with Crippen molar-refractivity contribution in [1.82, 2.24) is 0 Å². The van der Waals surface area contributed by atoms with Gasteiger partial charge in [0.05, 0.1) is 6.07 Å². The van der Waals surface area contributed by atoms with Gasteiger partial charge in [-0.1, -0.05) is 35.9 Å². The van der Waals surface area contributed by atoms with Gasteiger partial charge in [-0.15, -0.1) is 0 Å². The van der Waals surface area contributed by atoms with Crippen LogP contribution in [0, 0.1) is 11.3 Å². The van der Waals surface area contributed by atoms with Crippen LogP contribution in [0.5, 0.6) is 0 Å². The maximum Gasteiger partial charge on any atom is 0.156 e. The molecule has 0 N–H and O–H groups in total. The van der Waals surface area contributed by atoms with E-state index in [-0.39, 0.29) is 0 Å². The van der Waals surface area contributed by atoms with E-state index in [2.05, 4.69) is 6.07 Å². The van der Waals surface area contributed by atoms with E-state index >= 15 is 0 Å². The summed E-state index contributed by atoms with van der Waals surface area (Å²) in [7, 11) is 0. The lowest BCUT2D eigenvalue weighted by Gasteiger charge is -2.11. The van der Waals surface area contributed by atoms with Crippen LogP contribution in [0.15, 0.2) is 24.3 Å². The molecule has 0 aliphatic heterocycles. The van der Waals surface area contributed by atoms with Crippen LogP contribution in [0.2, 0.25) is 0 Å². The van der Waals surface area contributed by atoms with E-state index in [1.807, 2.05) is 24.3 Å². The van der Waals surface area contributed by atoms with E-state index in [1.165, 1.54) is 5.56 Å². The second-order valence-electron chi connectivity index (χ2n) is 3.07. The minimum Gasteiger partial charge on any atom is -0.196 e. The number of hydrogen-bond acceptors (Lipinski definition) is 1. The highest BCUT2D eigenvalue weighted by atomic mass is 35.5. The average Bonchev–Trinajstić information content (AvgIpc) is 2.46. The van der Waals surface area contributed by atoms with Gasteiger partial charge in [-0.3, -0.25) is 0 Å². The average molecular weight is 178 g/mol. The first-order valence-electron chi connectivity index (χ1n) is 3.95. The zero-order chi connectivity index (χ0) is 8.60. The first kappa shape index (κ1) is 7.64. The second kappa shape index (κ2) is 2.50. The normalized spacial score (nSPS) is 26.3. The Kier molecular flexibility index (Phi) is 1.59. The summed E-state index contributed by atoms with van der Waals surface area (Å²) in [4.78, 5) is -0.753. The fourth-order valence-corrected chi connectivity index (χ4v) is 1.96. The standard InChI is InChI=1S/C10H8ClN/c11-10(7-12)6-5-8-3-1-2-4-9(8)10/h1-4H,5-6H2. The quantitative estimate of drug-likeness (QED) is 0.559. The van der Waals surface area contributed by atoms with Gasteiger partial charge in [0.2, 0.25) is 0 Å². The van der Waals surface area contributed by atoms with E-state index in [0.29, 0.717) is 0 Å². The molecular formula is C10H8ClN. The van der Waals surface area contributed by atoms with Gasteiger partial charge < -0.3 is 0 Å². The van der Waals surface area contributed by atoms with Gasteiger partial charge in [0.25, 0.3) is 0 Å². The molecule has 12 heavy (non-hydrogen) atoms. The number of fused-ring (bicyclic) bond motifs is 1. The van der Waals surface area contributed by atoms with Crippen molar-refractivity contribution < 1.29 is 0 Å². The molecule has 1 aliphatic carbocycles. The van der Waals surface area contributed by atoms with Gasteiger partial charge in [-0.05, 0) is 24.0 Å². The number of aryl methyl sites for hydroxylation is 1. The Morgan fingerprint density at radius 2 is 2.17 bits per heavy atom. The molecule has 1 atom stereocenters. The minimum absolute atomic E-state index is 0.740. The van der Waals surface area contributed by atoms with Crippen molar-refractivity contribution in [2.24, 2.45) is 0 Å². The molecule has 1 aromatic carbocycles. The summed E-state index contributed by atoms with van der Waals surface area (Å²) in [6, 6.07) is 10.1. The number of nitrogens with zero attached hydrogens (tertiary/aromatic N) is 1. The summed E-state index contributed by atoms with van der Waals surface area (Å²) in [5, 5.41) is 8.89. The van der Waals surface area contributed by atoms with Crippen LogP contribution >= 0.6 is 11.6 Å². The Hall–Kier alpha value is -1.00. The second-order valence-corrected chi connectivity index (χ2v) is 3.72. The Balaban J connectivity index is 2.58. The lowest BCUT2D eigenvalue weighted by Crippen LogP contribution is -2.10. The SMILES string of the molecule is N#CC1(Cl)CCc2ccccc21. The fourth-order valence-electron chi connectivity index (χ4n) is 1.68. The van der Waals surface area contributed by atoms with Crippen molar-refractivity contribution in [3.63, 3.8) is 0 Å². The molecule has 0 bridgehead atoms. The lowest BCUT2D eigenvalue weighted by atomic mass is 10.0. The monoisotopic (exact) mass is 177 g/mol. The molecule has 0 radical (unpaired) electrons. The van der Waals surface area contributed by atoms with Crippen LogP contribution < -0.4 is 0 Å². The van der Waals surface area contributed by atoms with Gasteiger partial charge in [0, 0.05) is 0 Å².